The second-order valence-electron chi connectivity index (χ2n) is 6.91. The standard InChI is InChI=1S/C20H21N3O3S2/c24-19(13-5-8-17(21-15-6-7-15)18(12-13)23(25)26)22-16-4-1-3-14(11-16)20-27-9-2-10-28-20/h1,3-5,8,11-12,15,20-21H,2,6-7,9-10H2,(H,22,24). The van der Waals surface area contributed by atoms with Gasteiger partial charge in [0.2, 0.25) is 0 Å². The zero-order valence-corrected chi connectivity index (χ0v) is 16.9. The molecule has 1 aliphatic carbocycles. The summed E-state index contributed by atoms with van der Waals surface area (Å²) in [5.41, 5.74) is 2.57. The van der Waals surface area contributed by atoms with Crippen molar-refractivity contribution in [3.63, 3.8) is 0 Å². The van der Waals surface area contributed by atoms with E-state index in [0.717, 1.165) is 24.3 Å². The van der Waals surface area contributed by atoms with Crippen LogP contribution in [0, 0.1) is 10.1 Å². The van der Waals surface area contributed by atoms with Crippen LogP contribution >= 0.6 is 23.5 Å². The highest BCUT2D eigenvalue weighted by Gasteiger charge is 2.25. The Labute approximate surface area is 172 Å². The van der Waals surface area contributed by atoms with E-state index >= 15 is 0 Å². The van der Waals surface area contributed by atoms with E-state index in [9.17, 15) is 14.9 Å². The van der Waals surface area contributed by atoms with Crippen molar-refractivity contribution in [3.8, 4) is 0 Å². The summed E-state index contributed by atoms with van der Waals surface area (Å²) >= 11 is 3.85. The van der Waals surface area contributed by atoms with Gasteiger partial charge in [-0.2, -0.15) is 0 Å². The van der Waals surface area contributed by atoms with E-state index in [0.29, 0.717) is 22.0 Å². The quantitative estimate of drug-likeness (QED) is 0.493. The van der Waals surface area contributed by atoms with Crippen molar-refractivity contribution in [1.82, 2.24) is 0 Å². The summed E-state index contributed by atoms with van der Waals surface area (Å²) in [4.78, 5) is 23.6. The van der Waals surface area contributed by atoms with Crippen molar-refractivity contribution in [2.45, 2.75) is 29.9 Å². The van der Waals surface area contributed by atoms with Gasteiger partial charge >= 0.3 is 0 Å². The molecule has 2 aromatic rings. The maximum Gasteiger partial charge on any atom is 0.293 e. The summed E-state index contributed by atoms with van der Waals surface area (Å²) in [6.07, 6.45) is 3.27. The molecule has 6 nitrogen and oxygen atoms in total. The van der Waals surface area contributed by atoms with Gasteiger partial charge in [-0.3, -0.25) is 14.9 Å². The summed E-state index contributed by atoms with van der Waals surface area (Å²) in [5.74, 6) is 1.96. The maximum atomic E-state index is 12.7. The molecular weight excluding hydrogens is 394 g/mol. The van der Waals surface area contributed by atoms with Crippen LogP contribution in [-0.2, 0) is 0 Å². The fourth-order valence-corrected chi connectivity index (χ4v) is 5.91. The van der Waals surface area contributed by atoms with E-state index < -0.39 is 4.92 Å². The lowest BCUT2D eigenvalue weighted by molar-refractivity contribution is -0.384. The summed E-state index contributed by atoms with van der Waals surface area (Å²) in [5, 5.41) is 17.4. The highest BCUT2D eigenvalue weighted by Crippen LogP contribution is 2.44. The van der Waals surface area contributed by atoms with E-state index in [4.69, 9.17) is 0 Å². The van der Waals surface area contributed by atoms with Gasteiger partial charge in [0.05, 0.1) is 9.51 Å². The molecule has 0 unspecified atom stereocenters. The van der Waals surface area contributed by atoms with Crippen LogP contribution in [0.25, 0.3) is 0 Å². The first-order valence-corrected chi connectivity index (χ1v) is 11.4. The van der Waals surface area contributed by atoms with Gasteiger partial charge < -0.3 is 10.6 Å². The van der Waals surface area contributed by atoms with E-state index in [1.54, 1.807) is 12.1 Å². The number of thioether (sulfide) groups is 2. The van der Waals surface area contributed by atoms with Gasteiger partial charge in [0, 0.05) is 23.4 Å². The smallest absolute Gasteiger partial charge is 0.293 e. The number of nitro groups is 1. The summed E-state index contributed by atoms with van der Waals surface area (Å²) < 4.78 is 0.388. The molecule has 1 saturated heterocycles. The Morgan fingerprint density at radius 3 is 2.61 bits per heavy atom. The number of hydrogen-bond donors (Lipinski definition) is 2. The number of nitro benzene ring substituents is 1. The van der Waals surface area contributed by atoms with E-state index in [2.05, 4.69) is 16.7 Å². The predicted molar refractivity (Wildman–Crippen MR) is 116 cm³/mol. The van der Waals surface area contributed by atoms with Gasteiger partial charge in [0.25, 0.3) is 11.6 Å². The van der Waals surface area contributed by atoms with Gasteiger partial charge in [-0.25, -0.2) is 0 Å². The molecule has 0 atom stereocenters. The Hall–Kier alpha value is -2.19. The largest absolute Gasteiger partial charge is 0.377 e. The molecule has 1 saturated carbocycles. The minimum absolute atomic E-state index is 0.0664. The second-order valence-corrected chi connectivity index (χ2v) is 9.64. The van der Waals surface area contributed by atoms with Crippen LogP contribution in [0.3, 0.4) is 0 Å². The van der Waals surface area contributed by atoms with E-state index in [-0.39, 0.29) is 17.2 Å². The van der Waals surface area contributed by atoms with Crippen molar-refractivity contribution in [2.75, 3.05) is 22.1 Å². The van der Waals surface area contributed by atoms with Gasteiger partial charge in [0.1, 0.15) is 5.69 Å². The van der Waals surface area contributed by atoms with Crippen LogP contribution in [0.5, 0.6) is 0 Å². The second kappa shape index (κ2) is 8.45. The SMILES string of the molecule is O=C(Nc1cccc(C2SCCCS2)c1)c1ccc(NC2CC2)c([N+](=O)[O-])c1. The Morgan fingerprint density at radius 2 is 1.89 bits per heavy atom. The van der Waals surface area contributed by atoms with Crippen molar-refractivity contribution in [1.29, 1.82) is 0 Å². The third-order valence-corrected chi connectivity index (χ3v) is 7.65. The molecule has 2 aliphatic rings. The summed E-state index contributed by atoms with van der Waals surface area (Å²) in [7, 11) is 0. The van der Waals surface area contributed by atoms with Gasteiger partial charge in [-0.15, -0.1) is 23.5 Å². The monoisotopic (exact) mass is 415 g/mol. The average Bonchev–Trinajstić information content (AvgIpc) is 3.53. The number of benzene rings is 2. The van der Waals surface area contributed by atoms with Crippen LogP contribution < -0.4 is 10.6 Å². The number of nitrogens with one attached hydrogen (secondary N) is 2. The third-order valence-electron chi connectivity index (χ3n) is 4.64. The van der Waals surface area contributed by atoms with Crippen LogP contribution in [-0.4, -0.2) is 28.4 Å². The normalized spacial score (nSPS) is 17.1. The zero-order chi connectivity index (χ0) is 19.5. The Kier molecular flexibility index (Phi) is 5.77. The molecule has 0 radical (unpaired) electrons. The van der Waals surface area contributed by atoms with Gasteiger partial charge in [-0.05, 0) is 60.6 Å². The highest BCUT2D eigenvalue weighted by molar-refractivity contribution is 8.16. The maximum absolute atomic E-state index is 12.7. The third kappa shape index (κ3) is 4.62. The number of carbonyl (C=O) groups is 1. The molecule has 2 N–H and O–H groups in total. The summed E-state index contributed by atoms with van der Waals surface area (Å²) in [6, 6.07) is 12.7. The average molecular weight is 416 g/mol. The molecule has 0 bridgehead atoms. The fraction of sp³-hybridized carbons (Fsp3) is 0.350. The minimum atomic E-state index is -0.445. The van der Waals surface area contributed by atoms with Crippen molar-refractivity contribution in [2.24, 2.45) is 0 Å². The molecule has 2 fully saturated rings. The first-order valence-electron chi connectivity index (χ1n) is 9.29. The van der Waals surface area contributed by atoms with Crippen LogP contribution in [0.4, 0.5) is 17.1 Å². The minimum Gasteiger partial charge on any atom is -0.377 e. The van der Waals surface area contributed by atoms with Crippen LogP contribution in [0.2, 0.25) is 0 Å². The van der Waals surface area contributed by atoms with Crippen LogP contribution in [0.1, 0.15) is 39.8 Å². The lowest BCUT2D eigenvalue weighted by atomic mass is 10.1. The number of hydrogen-bond acceptors (Lipinski definition) is 6. The zero-order valence-electron chi connectivity index (χ0n) is 15.2. The molecule has 8 heteroatoms. The van der Waals surface area contributed by atoms with Crippen molar-refractivity contribution in [3.05, 3.63) is 63.7 Å². The van der Waals surface area contributed by atoms with E-state index in [1.807, 2.05) is 41.7 Å². The first-order chi connectivity index (χ1) is 13.6. The van der Waals surface area contributed by atoms with Crippen LogP contribution in [0.15, 0.2) is 42.5 Å². The Balaban J connectivity index is 1.50. The molecule has 2 aromatic carbocycles. The molecule has 0 aromatic heterocycles. The molecule has 28 heavy (non-hydrogen) atoms. The highest BCUT2D eigenvalue weighted by atomic mass is 32.2. The molecule has 4 rings (SSSR count). The van der Waals surface area contributed by atoms with E-state index in [1.165, 1.54) is 18.1 Å². The topological polar surface area (TPSA) is 84.3 Å². The lowest BCUT2D eigenvalue weighted by Gasteiger charge is -2.21. The molecular formula is C20H21N3O3S2. The number of carbonyl (C=O) groups excluding carboxylic acids is 1. The number of amides is 1. The molecule has 1 heterocycles. The first kappa shape index (κ1) is 19.1. The Morgan fingerprint density at radius 1 is 1.11 bits per heavy atom. The van der Waals surface area contributed by atoms with Crippen molar-refractivity contribution < 1.29 is 9.72 Å². The molecule has 1 aliphatic heterocycles. The number of rotatable bonds is 6. The predicted octanol–water partition coefficient (Wildman–Crippen LogP) is 5.29. The van der Waals surface area contributed by atoms with Gasteiger partial charge in [-0.1, -0.05) is 12.1 Å². The van der Waals surface area contributed by atoms with Crippen molar-refractivity contribution >= 4 is 46.5 Å². The number of anilines is 2. The Bertz CT molecular complexity index is 896. The molecule has 1 amide bonds. The summed E-state index contributed by atoms with van der Waals surface area (Å²) in [6.45, 7) is 0. The molecule has 0 spiro atoms. The fourth-order valence-electron chi connectivity index (χ4n) is 3.04. The number of nitrogens with zero attached hydrogens (tertiary/aromatic N) is 1. The lowest BCUT2D eigenvalue weighted by Crippen LogP contribution is -2.13. The molecule has 146 valence electrons. The van der Waals surface area contributed by atoms with Gasteiger partial charge in [0.15, 0.2) is 0 Å².